The number of carbonyl (C=O) groups excluding carboxylic acids is 1. The number of halogens is 1. The molecule has 1 aromatic carbocycles. The minimum Gasteiger partial charge on any atom is -0.497 e. The van der Waals surface area contributed by atoms with Gasteiger partial charge in [-0.05, 0) is 53.9 Å². The van der Waals surface area contributed by atoms with E-state index in [4.69, 9.17) is 4.74 Å². The Bertz CT molecular complexity index is 670. The first-order valence-electron chi connectivity index (χ1n) is 7.07. The van der Waals surface area contributed by atoms with E-state index in [1.54, 1.807) is 37.1 Å². The normalized spacial score (nSPS) is 16.2. The second-order valence-electron chi connectivity index (χ2n) is 5.73. The van der Waals surface area contributed by atoms with Crippen LogP contribution in [0.15, 0.2) is 22.7 Å². The Kier molecular flexibility index (Phi) is 5.17. The molecule has 5 nitrogen and oxygen atoms in total. The van der Waals surface area contributed by atoms with Crippen molar-refractivity contribution < 1.29 is 17.9 Å². The molecule has 1 saturated carbocycles. The number of amides is 1. The smallest absolute Gasteiger partial charge is 0.255 e. The van der Waals surface area contributed by atoms with Gasteiger partial charge in [-0.3, -0.25) is 4.79 Å². The largest absolute Gasteiger partial charge is 0.497 e. The first-order chi connectivity index (χ1) is 10.2. The van der Waals surface area contributed by atoms with Gasteiger partial charge in [-0.1, -0.05) is 0 Å². The highest BCUT2D eigenvalue weighted by Gasteiger charge is 2.37. The third-order valence-corrected chi connectivity index (χ3v) is 5.38. The highest BCUT2D eigenvalue weighted by Crippen LogP contribution is 2.33. The minimum absolute atomic E-state index is 0.0309. The van der Waals surface area contributed by atoms with Crippen molar-refractivity contribution in [2.45, 2.75) is 31.8 Å². The van der Waals surface area contributed by atoms with Gasteiger partial charge >= 0.3 is 0 Å². The lowest BCUT2D eigenvalue weighted by molar-refractivity contribution is 0.0691. The fourth-order valence-electron chi connectivity index (χ4n) is 2.53. The molecule has 0 aliphatic heterocycles. The van der Waals surface area contributed by atoms with Crippen LogP contribution in [-0.4, -0.2) is 50.4 Å². The van der Waals surface area contributed by atoms with Crippen molar-refractivity contribution in [3.8, 4) is 5.75 Å². The summed E-state index contributed by atoms with van der Waals surface area (Å²) in [6, 6.07) is 4.98. The zero-order chi connectivity index (χ0) is 16.5. The van der Waals surface area contributed by atoms with Crippen LogP contribution in [0.2, 0.25) is 0 Å². The molecule has 1 aromatic rings. The number of ether oxygens (including phenoxy) is 1. The van der Waals surface area contributed by atoms with Gasteiger partial charge in [0.05, 0.1) is 18.4 Å². The number of benzene rings is 1. The van der Waals surface area contributed by atoms with Crippen LogP contribution in [0, 0.1) is 0 Å². The maximum absolute atomic E-state index is 12.9. The van der Waals surface area contributed by atoms with Crippen molar-refractivity contribution in [3.05, 3.63) is 28.2 Å². The molecule has 122 valence electrons. The molecular weight excluding hydrogens is 370 g/mol. The van der Waals surface area contributed by atoms with Crippen molar-refractivity contribution >= 4 is 31.7 Å². The van der Waals surface area contributed by atoms with E-state index in [0.717, 1.165) is 12.8 Å². The molecule has 1 fully saturated rings. The molecular formula is C15H20BrNO4S. The molecule has 0 N–H and O–H groups in total. The van der Waals surface area contributed by atoms with E-state index in [1.165, 1.54) is 6.26 Å². The molecule has 0 saturated heterocycles. The topological polar surface area (TPSA) is 63.7 Å². The van der Waals surface area contributed by atoms with Gasteiger partial charge in [0, 0.05) is 22.8 Å². The van der Waals surface area contributed by atoms with Crippen LogP contribution in [-0.2, 0) is 9.84 Å². The predicted molar refractivity (Wildman–Crippen MR) is 89.1 cm³/mol. The standard InChI is InChI=1S/C15H20BrNO4S/c1-10(9-22(3,19)20)17(11-4-5-11)15(18)13-8-12(21-2)6-7-14(13)16/h6-8,10-11H,4-5,9H2,1-3H3. The quantitative estimate of drug-likeness (QED) is 0.749. The van der Waals surface area contributed by atoms with Gasteiger partial charge in [-0.15, -0.1) is 0 Å². The van der Waals surface area contributed by atoms with Crippen LogP contribution in [0.4, 0.5) is 0 Å². The molecule has 1 unspecified atom stereocenters. The van der Waals surface area contributed by atoms with E-state index in [1.807, 2.05) is 0 Å². The zero-order valence-corrected chi connectivity index (χ0v) is 15.3. The van der Waals surface area contributed by atoms with E-state index in [2.05, 4.69) is 15.9 Å². The molecule has 0 aromatic heterocycles. The number of hydrogen-bond acceptors (Lipinski definition) is 4. The number of hydrogen-bond donors (Lipinski definition) is 0. The summed E-state index contributed by atoms with van der Waals surface area (Å²) in [6.45, 7) is 1.78. The third-order valence-electron chi connectivity index (χ3n) is 3.60. The second kappa shape index (κ2) is 6.58. The van der Waals surface area contributed by atoms with E-state index in [0.29, 0.717) is 15.8 Å². The van der Waals surface area contributed by atoms with Crippen LogP contribution in [0.25, 0.3) is 0 Å². The Hall–Kier alpha value is -1.08. The molecule has 1 aliphatic carbocycles. The first-order valence-corrected chi connectivity index (χ1v) is 9.92. The lowest BCUT2D eigenvalue weighted by atomic mass is 10.1. The predicted octanol–water partition coefficient (Wildman–Crippen LogP) is 2.50. The molecule has 0 radical (unpaired) electrons. The van der Waals surface area contributed by atoms with Crippen LogP contribution in [0.3, 0.4) is 0 Å². The second-order valence-corrected chi connectivity index (χ2v) is 8.77. The number of methoxy groups -OCH3 is 1. The van der Waals surface area contributed by atoms with Crippen LogP contribution in [0.5, 0.6) is 5.75 Å². The molecule has 0 spiro atoms. The van der Waals surface area contributed by atoms with Crippen molar-refractivity contribution in [2.24, 2.45) is 0 Å². The van der Waals surface area contributed by atoms with Gasteiger partial charge in [-0.25, -0.2) is 8.42 Å². The summed E-state index contributed by atoms with van der Waals surface area (Å²) >= 11 is 3.39. The number of carbonyl (C=O) groups is 1. The Morgan fingerprint density at radius 3 is 2.59 bits per heavy atom. The van der Waals surface area contributed by atoms with Crippen molar-refractivity contribution in [1.82, 2.24) is 4.90 Å². The molecule has 1 atom stereocenters. The Labute approximate surface area is 139 Å². The first kappa shape index (κ1) is 17.3. The van der Waals surface area contributed by atoms with Gasteiger partial charge in [0.25, 0.3) is 5.91 Å². The van der Waals surface area contributed by atoms with Crippen molar-refractivity contribution in [2.75, 3.05) is 19.1 Å². The van der Waals surface area contributed by atoms with Gasteiger partial charge in [0.1, 0.15) is 15.6 Å². The van der Waals surface area contributed by atoms with Crippen LogP contribution < -0.4 is 4.74 Å². The molecule has 1 amide bonds. The summed E-state index contributed by atoms with van der Waals surface area (Å²) < 4.78 is 28.9. The molecule has 1 aliphatic rings. The summed E-state index contributed by atoms with van der Waals surface area (Å²) in [5.41, 5.74) is 0.492. The molecule has 0 heterocycles. The van der Waals surface area contributed by atoms with Crippen LogP contribution >= 0.6 is 15.9 Å². The molecule has 7 heteroatoms. The highest BCUT2D eigenvalue weighted by atomic mass is 79.9. The van der Waals surface area contributed by atoms with Crippen LogP contribution in [0.1, 0.15) is 30.1 Å². The van der Waals surface area contributed by atoms with E-state index < -0.39 is 9.84 Å². The fraction of sp³-hybridized carbons (Fsp3) is 0.533. The SMILES string of the molecule is COc1ccc(Br)c(C(=O)N(C(C)CS(C)(=O)=O)C2CC2)c1. The van der Waals surface area contributed by atoms with Gasteiger partial charge in [-0.2, -0.15) is 0 Å². The average molecular weight is 390 g/mol. The molecule has 22 heavy (non-hydrogen) atoms. The Morgan fingerprint density at radius 2 is 2.09 bits per heavy atom. The molecule has 0 bridgehead atoms. The lowest BCUT2D eigenvalue weighted by Gasteiger charge is -2.29. The Balaban J connectivity index is 2.31. The summed E-state index contributed by atoms with van der Waals surface area (Å²) in [5, 5.41) is 0. The van der Waals surface area contributed by atoms with Crippen molar-refractivity contribution in [1.29, 1.82) is 0 Å². The number of nitrogens with zero attached hydrogens (tertiary/aromatic N) is 1. The van der Waals surface area contributed by atoms with E-state index >= 15 is 0 Å². The minimum atomic E-state index is -3.14. The van der Waals surface area contributed by atoms with Gasteiger partial charge < -0.3 is 9.64 Å². The summed E-state index contributed by atoms with van der Waals surface area (Å²) in [5.74, 6) is 0.402. The number of sulfone groups is 1. The maximum Gasteiger partial charge on any atom is 0.255 e. The fourth-order valence-corrected chi connectivity index (χ4v) is 3.98. The average Bonchev–Trinajstić information content (AvgIpc) is 3.21. The third kappa shape index (κ3) is 4.23. The van der Waals surface area contributed by atoms with E-state index in [-0.39, 0.29) is 23.7 Å². The zero-order valence-electron chi connectivity index (χ0n) is 12.9. The summed E-state index contributed by atoms with van der Waals surface area (Å²) in [7, 11) is -1.60. The highest BCUT2D eigenvalue weighted by molar-refractivity contribution is 9.10. The lowest BCUT2D eigenvalue weighted by Crippen LogP contribution is -2.43. The maximum atomic E-state index is 12.9. The van der Waals surface area contributed by atoms with Gasteiger partial charge in [0.15, 0.2) is 0 Å². The summed E-state index contributed by atoms with van der Waals surface area (Å²) in [4.78, 5) is 14.6. The summed E-state index contributed by atoms with van der Waals surface area (Å²) in [6.07, 6.45) is 3.03. The molecule has 2 rings (SSSR count). The van der Waals surface area contributed by atoms with Crippen molar-refractivity contribution in [3.63, 3.8) is 0 Å². The van der Waals surface area contributed by atoms with Gasteiger partial charge in [0.2, 0.25) is 0 Å². The number of rotatable bonds is 6. The van der Waals surface area contributed by atoms with E-state index in [9.17, 15) is 13.2 Å². The Morgan fingerprint density at radius 1 is 1.45 bits per heavy atom. The monoisotopic (exact) mass is 389 g/mol.